The Morgan fingerprint density at radius 1 is 1.35 bits per heavy atom. The van der Waals surface area contributed by atoms with Crippen LogP contribution in [0.4, 0.5) is 0 Å². The number of fused-ring (bicyclic) bond motifs is 3. The van der Waals surface area contributed by atoms with Gasteiger partial charge < -0.3 is 5.32 Å². The Balaban J connectivity index is 1.63. The third-order valence-electron chi connectivity index (χ3n) is 4.32. The lowest BCUT2D eigenvalue weighted by atomic mass is 9.92. The summed E-state index contributed by atoms with van der Waals surface area (Å²) in [5.74, 6) is 0.477. The largest absolute Gasteiger partial charge is 0.355 e. The van der Waals surface area contributed by atoms with E-state index in [4.69, 9.17) is 5.14 Å². The Morgan fingerprint density at radius 2 is 2.10 bits per heavy atom. The zero-order valence-electron chi connectivity index (χ0n) is 11.1. The second-order valence-corrected chi connectivity index (χ2v) is 7.34. The van der Waals surface area contributed by atoms with Gasteiger partial charge in [0.25, 0.3) is 0 Å². The van der Waals surface area contributed by atoms with Crippen molar-refractivity contribution in [2.45, 2.75) is 18.8 Å². The zero-order valence-corrected chi connectivity index (χ0v) is 11.9. The number of hydrogen-bond acceptors (Lipinski definition) is 3. The van der Waals surface area contributed by atoms with Crippen molar-refractivity contribution in [2.24, 2.45) is 17.0 Å². The maximum atomic E-state index is 12.1. The number of rotatable bonds is 4. The van der Waals surface area contributed by atoms with E-state index in [1.165, 1.54) is 11.1 Å². The summed E-state index contributed by atoms with van der Waals surface area (Å²) >= 11 is 0. The van der Waals surface area contributed by atoms with Gasteiger partial charge >= 0.3 is 0 Å². The van der Waals surface area contributed by atoms with Crippen molar-refractivity contribution in [1.29, 1.82) is 0 Å². The van der Waals surface area contributed by atoms with Crippen LogP contribution in [0, 0.1) is 11.8 Å². The van der Waals surface area contributed by atoms with Crippen molar-refractivity contribution in [3.05, 3.63) is 35.4 Å². The van der Waals surface area contributed by atoms with Crippen LogP contribution in [0.3, 0.4) is 0 Å². The highest BCUT2D eigenvalue weighted by molar-refractivity contribution is 7.89. The highest BCUT2D eigenvalue weighted by Crippen LogP contribution is 2.59. The maximum Gasteiger partial charge on any atom is 0.224 e. The van der Waals surface area contributed by atoms with E-state index < -0.39 is 10.0 Å². The first-order valence-electron chi connectivity index (χ1n) is 6.83. The zero-order chi connectivity index (χ0) is 14.3. The molecule has 1 fully saturated rings. The fourth-order valence-electron chi connectivity index (χ4n) is 3.36. The molecule has 0 aliphatic heterocycles. The predicted molar refractivity (Wildman–Crippen MR) is 75.5 cm³/mol. The summed E-state index contributed by atoms with van der Waals surface area (Å²) in [5.41, 5.74) is 2.63. The molecule has 0 bridgehead atoms. The average molecular weight is 294 g/mol. The lowest BCUT2D eigenvalue weighted by molar-refractivity contribution is -0.122. The molecule has 0 heterocycles. The summed E-state index contributed by atoms with van der Waals surface area (Å²) < 4.78 is 21.7. The van der Waals surface area contributed by atoms with Crippen LogP contribution in [0.25, 0.3) is 0 Å². The van der Waals surface area contributed by atoms with E-state index in [2.05, 4.69) is 17.4 Å². The summed E-state index contributed by atoms with van der Waals surface area (Å²) in [6.45, 7) is 0.0925. The molecule has 108 valence electrons. The molecule has 0 spiro atoms. The molecular formula is C14H18N2O3S. The van der Waals surface area contributed by atoms with Crippen LogP contribution in [0.2, 0.25) is 0 Å². The van der Waals surface area contributed by atoms with Crippen molar-refractivity contribution in [3.8, 4) is 0 Å². The molecule has 1 aromatic carbocycles. The van der Waals surface area contributed by atoms with Gasteiger partial charge in [-0.05, 0) is 35.8 Å². The van der Waals surface area contributed by atoms with E-state index in [0.29, 0.717) is 11.8 Å². The fourth-order valence-corrected chi connectivity index (χ4v) is 3.74. The maximum absolute atomic E-state index is 12.1. The Bertz CT molecular complexity index is 642. The molecule has 1 aromatic rings. The molecule has 2 aliphatic rings. The first kappa shape index (κ1) is 13.6. The van der Waals surface area contributed by atoms with Gasteiger partial charge in [0.2, 0.25) is 15.9 Å². The van der Waals surface area contributed by atoms with Gasteiger partial charge in [0.1, 0.15) is 0 Å². The molecule has 0 saturated heterocycles. The Hall–Kier alpha value is -1.40. The number of nitrogens with one attached hydrogen (secondary N) is 1. The highest BCUT2D eigenvalue weighted by atomic mass is 32.2. The Kier molecular flexibility index (Phi) is 3.30. The fraction of sp³-hybridized carbons (Fsp3) is 0.500. The quantitative estimate of drug-likeness (QED) is 0.840. The first-order chi connectivity index (χ1) is 9.47. The molecule has 1 amide bonds. The third-order valence-corrected chi connectivity index (χ3v) is 5.09. The minimum atomic E-state index is -3.51. The number of benzene rings is 1. The number of carbonyl (C=O) groups is 1. The molecule has 6 heteroatoms. The van der Waals surface area contributed by atoms with E-state index in [0.717, 1.165) is 12.8 Å². The van der Waals surface area contributed by atoms with Crippen LogP contribution < -0.4 is 10.5 Å². The monoisotopic (exact) mass is 294 g/mol. The molecule has 1 saturated carbocycles. The molecule has 20 heavy (non-hydrogen) atoms. The van der Waals surface area contributed by atoms with Gasteiger partial charge in [-0.1, -0.05) is 24.3 Å². The standard InChI is InChI=1S/C14H18N2O3S/c15-20(18,19)8-7-16-14(17)13-11-6-5-9-3-1-2-4-10(9)12(11)13/h1-4,11-13H,5-8H2,(H,16,17)(H2,15,18,19). The SMILES string of the molecule is NS(=O)(=O)CCNC(=O)C1C2CCc3ccccc3C21. The number of aryl methyl sites for hydroxylation is 1. The average Bonchev–Trinajstić information content (AvgIpc) is 3.12. The van der Waals surface area contributed by atoms with E-state index in [1.807, 2.05) is 12.1 Å². The smallest absolute Gasteiger partial charge is 0.224 e. The van der Waals surface area contributed by atoms with Crippen molar-refractivity contribution < 1.29 is 13.2 Å². The number of amides is 1. The topological polar surface area (TPSA) is 89.3 Å². The molecule has 5 nitrogen and oxygen atoms in total. The van der Waals surface area contributed by atoms with Crippen LogP contribution >= 0.6 is 0 Å². The van der Waals surface area contributed by atoms with Gasteiger partial charge in [0.15, 0.2) is 0 Å². The summed E-state index contributed by atoms with van der Waals surface area (Å²) in [5, 5.41) is 7.60. The number of hydrogen-bond donors (Lipinski definition) is 2. The summed E-state index contributed by atoms with van der Waals surface area (Å²) in [6, 6.07) is 8.27. The van der Waals surface area contributed by atoms with E-state index in [-0.39, 0.29) is 24.1 Å². The lowest BCUT2D eigenvalue weighted by Gasteiger charge is -2.13. The van der Waals surface area contributed by atoms with Crippen molar-refractivity contribution >= 4 is 15.9 Å². The molecule has 3 N–H and O–H groups in total. The first-order valence-corrected chi connectivity index (χ1v) is 8.55. The molecule has 0 radical (unpaired) electrons. The van der Waals surface area contributed by atoms with Gasteiger partial charge in [-0.3, -0.25) is 4.79 Å². The summed E-state index contributed by atoms with van der Waals surface area (Å²) in [6.07, 6.45) is 2.06. The van der Waals surface area contributed by atoms with Crippen LogP contribution in [0.15, 0.2) is 24.3 Å². The number of carbonyl (C=O) groups excluding carboxylic acids is 1. The van der Waals surface area contributed by atoms with Crippen LogP contribution in [0.5, 0.6) is 0 Å². The number of nitrogens with two attached hydrogens (primary N) is 1. The Morgan fingerprint density at radius 3 is 2.85 bits per heavy atom. The summed E-state index contributed by atoms with van der Waals surface area (Å²) in [4.78, 5) is 12.1. The molecule has 2 aliphatic carbocycles. The number of primary sulfonamides is 1. The minimum Gasteiger partial charge on any atom is -0.355 e. The molecular weight excluding hydrogens is 276 g/mol. The lowest BCUT2D eigenvalue weighted by Crippen LogP contribution is -2.32. The predicted octanol–water partition coefficient (Wildman–Crippen LogP) is 0.367. The van der Waals surface area contributed by atoms with Gasteiger partial charge in [-0.25, -0.2) is 13.6 Å². The van der Waals surface area contributed by atoms with Crippen LogP contribution in [-0.4, -0.2) is 26.6 Å². The minimum absolute atomic E-state index is 0.000807. The second-order valence-electron chi connectivity index (χ2n) is 5.61. The molecule has 3 unspecified atom stereocenters. The van der Waals surface area contributed by atoms with E-state index >= 15 is 0 Å². The highest BCUT2D eigenvalue weighted by Gasteiger charge is 2.56. The second kappa shape index (κ2) is 4.86. The van der Waals surface area contributed by atoms with Gasteiger partial charge in [0.05, 0.1) is 5.75 Å². The third kappa shape index (κ3) is 2.58. The number of sulfonamides is 1. The van der Waals surface area contributed by atoms with Gasteiger partial charge in [-0.15, -0.1) is 0 Å². The van der Waals surface area contributed by atoms with Crippen LogP contribution in [-0.2, 0) is 21.2 Å². The van der Waals surface area contributed by atoms with Gasteiger partial charge in [-0.2, -0.15) is 0 Å². The normalized spacial score (nSPS) is 27.4. The molecule has 3 rings (SSSR count). The van der Waals surface area contributed by atoms with Crippen molar-refractivity contribution in [1.82, 2.24) is 5.32 Å². The molecule has 3 atom stereocenters. The van der Waals surface area contributed by atoms with Crippen LogP contribution in [0.1, 0.15) is 23.5 Å². The van der Waals surface area contributed by atoms with E-state index in [9.17, 15) is 13.2 Å². The van der Waals surface area contributed by atoms with Gasteiger partial charge in [0, 0.05) is 12.5 Å². The summed E-state index contributed by atoms with van der Waals surface area (Å²) in [7, 11) is -3.51. The Labute approximate surface area is 118 Å². The van der Waals surface area contributed by atoms with Crippen molar-refractivity contribution in [3.63, 3.8) is 0 Å². The van der Waals surface area contributed by atoms with Crippen molar-refractivity contribution in [2.75, 3.05) is 12.3 Å². The van der Waals surface area contributed by atoms with E-state index in [1.54, 1.807) is 0 Å². The molecule has 0 aromatic heterocycles.